The molecule has 2 bridgehead atoms. The fraction of sp³-hybridized carbons (Fsp3) is 0.632. The number of hydrogen-bond acceptors (Lipinski definition) is 3. The molecule has 4 rings (SSSR count). The zero-order valence-corrected chi connectivity index (χ0v) is 13.5. The maximum atomic E-state index is 12.6. The topological polar surface area (TPSA) is 64.4 Å². The molecule has 0 aromatic heterocycles. The van der Waals surface area contributed by atoms with Crippen LogP contribution in [0.4, 0.5) is 0 Å². The summed E-state index contributed by atoms with van der Waals surface area (Å²) in [4.78, 5) is 12.6. The number of benzene rings is 1. The fourth-order valence-corrected chi connectivity index (χ4v) is 4.46. The van der Waals surface area contributed by atoms with Gasteiger partial charge in [0, 0.05) is 18.2 Å². The van der Waals surface area contributed by atoms with Gasteiger partial charge in [0.15, 0.2) is 0 Å². The molecule has 124 valence electrons. The monoisotopic (exact) mass is 314 g/mol. The molecule has 1 aromatic carbocycles. The number of amides is 1. The molecule has 3 N–H and O–H groups in total. The first kappa shape index (κ1) is 15.0. The Balaban J connectivity index is 1.38. The first-order chi connectivity index (χ1) is 11.2. The van der Waals surface area contributed by atoms with Crippen LogP contribution in [-0.4, -0.2) is 18.1 Å². The van der Waals surface area contributed by atoms with E-state index >= 15 is 0 Å². The predicted molar refractivity (Wildman–Crippen MR) is 88.9 cm³/mol. The Hall–Kier alpha value is -1.55. The Kier molecular flexibility index (Phi) is 4.02. The Labute approximate surface area is 137 Å². The number of carbonyl (C=O) groups is 1. The lowest BCUT2D eigenvalue weighted by Crippen LogP contribution is -2.45. The van der Waals surface area contributed by atoms with Crippen molar-refractivity contribution in [2.24, 2.45) is 23.5 Å². The minimum Gasteiger partial charge on any atom is -0.490 e. The average molecular weight is 314 g/mol. The summed E-state index contributed by atoms with van der Waals surface area (Å²) in [5.74, 6) is 2.10. The van der Waals surface area contributed by atoms with Gasteiger partial charge in [-0.1, -0.05) is 18.2 Å². The van der Waals surface area contributed by atoms with E-state index in [1.165, 1.54) is 12.8 Å². The Morgan fingerprint density at radius 2 is 1.96 bits per heavy atom. The second-order valence-corrected chi connectivity index (χ2v) is 7.43. The molecule has 3 fully saturated rings. The van der Waals surface area contributed by atoms with Crippen molar-refractivity contribution in [2.75, 3.05) is 0 Å². The smallest absolute Gasteiger partial charge is 0.225 e. The largest absolute Gasteiger partial charge is 0.490 e. The predicted octanol–water partition coefficient (Wildman–Crippen LogP) is 2.61. The summed E-state index contributed by atoms with van der Waals surface area (Å²) in [7, 11) is 0. The molecule has 4 atom stereocenters. The molecule has 0 saturated heterocycles. The molecule has 23 heavy (non-hydrogen) atoms. The molecule has 1 aromatic rings. The van der Waals surface area contributed by atoms with Gasteiger partial charge >= 0.3 is 0 Å². The number of fused-ring (bicyclic) bond motifs is 2. The van der Waals surface area contributed by atoms with Crippen molar-refractivity contribution in [3.05, 3.63) is 29.8 Å². The zero-order chi connectivity index (χ0) is 15.8. The van der Waals surface area contributed by atoms with Gasteiger partial charge in [0.05, 0.1) is 12.0 Å². The second-order valence-electron chi connectivity index (χ2n) is 7.43. The molecule has 0 heterocycles. The maximum Gasteiger partial charge on any atom is 0.225 e. The molecular weight excluding hydrogens is 288 g/mol. The normalized spacial score (nSPS) is 32.6. The highest BCUT2D eigenvalue weighted by atomic mass is 16.5. The molecule has 0 spiro atoms. The third-order valence-electron chi connectivity index (χ3n) is 6.05. The summed E-state index contributed by atoms with van der Waals surface area (Å²) in [6, 6.07) is 8.08. The lowest BCUT2D eigenvalue weighted by molar-refractivity contribution is -0.127. The van der Waals surface area contributed by atoms with Gasteiger partial charge in [-0.15, -0.1) is 0 Å². The second kappa shape index (κ2) is 6.16. The van der Waals surface area contributed by atoms with Gasteiger partial charge in [0.2, 0.25) is 5.91 Å². The van der Waals surface area contributed by atoms with Crippen LogP contribution in [0.3, 0.4) is 0 Å². The number of nitrogens with one attached hydrogen (secondary N) is 1. The van der Waals surface area contributed by atoms with E-state index in [4.69, 9.17) is 10.5 Å². The van der Waals surface area contributed by atoms with Crippen LogP contribution < -0.4 is 15.8 Å². The van der Waals surface area contributed by atoms with Gasteiger partial charge in [0.25, 0.3) is 0 Å². The number of para-hydroxylation sites is 1. The summed E-state index contributed by atoms with van der Waals surface area (Å²) in [6.45, 7) is 0.530. The van der Waals surface area contributed by atoms with Gasteiger partial charge in [-0.2, -0.15) is 0 Å². The highest BCUT2D eigenvalue weighted by molar-refractivity contribution is 5.80. The van der Waals surface area contributed by atoms with Crippen LogP contribution in [0.1, 0.15) is 44.1 Å². The molecule has 4 nitrogen and oxygen atoms in total. The summed E-state index contributed by atoms with van der Waals surface area (Å²) in [5, 5.41) is 3.11. The average Bonchev–Trinajstić information content (AvgIpc) is 3.10. The van der Waals surface area contributed by atoms with E-state index < -0.39 is 0 Å². The number of carbonyl (C=O) groups excluding carboxylic acids is 1. The minimum absolute atomic E-state index is 0.00784. The molecular formula is C19H26N2O2. The van der Waals surface area contributed by atoms with Crippen molar-refractivity contribution in [3.8, 4) is 5.75 Å². The minimum atomic E-state index is 0.00784. The maximum absolute atomic E-state index is 12.6. The quantitative estimate of drug-likeness (QED) is 0.878. The van der Waals surface area contributed by atoms with Crippen LogP contribution in [-0.2, 0) is 11.3 Å². The zero-order valence-electron chi connectivity index (χ0n) is 13.5. The summed E-state index contributed by atoms with van der Waals surface area (Å²) in [5.41, 5.74) is 7.33. The van der Waals surface area contributed by atoms with Crippen molar-refractivity contribution < 1.29 is 9.53 Å². The summed E-state index contributed by atoms with van der Waals surface area (Å²) < 4.78 is 6.03. The highest BCUT2D eigenvalue weighted by Crippen LogP contribution is 2.47. The van der Waals surface area contributed by atoms with Crippen molar-refractivity contribution in [1.29, 1.82) is 0 Å². The van der Waals surface area contributed by atoms with Crippen LogP contribution in [0, 0.1) is 17.8 Å². The van der Waals surface area contributed by atoms with E-state index in [2.05, 4.69) is 5.32 Å². The molecule has 1 amide bonds. The third kappa shape index (κ3) is 2.85. The molecule has 0 radical (unpaired) electrons. The van der Waals surface area contributed by atoms with Gasteiger partial charge in [-0.3, -0.25) is 4.79 Å². The summed E-state index contributed by atoms with van der Waals surface area (Å²) in [6.07, 6.45) is 7.39. The van der Waals surface area contributed by atoms with Crippen LogP contribution in [0.15, 0.2) is 24.3 Å². The van der Waals surface area contributed by atoms with Crippen LogP contribution in [0.5, 0.6) is 5.75 Å². The molecule has 4 heteroatoms. The van der Waals surface area contributed by atoms with Gasteiger partial charge in [0.1, 0.15) is 5.75 Å². The van der Waals surface area contributed by atoms with E-state index in [1.807, 2.05) is 24.3 Å². The number of rotatable bonds is 5. The number of ether oxygens (including phenoxy) is 1. The van der Waals surface area contributed by atoms with Crippen molar-refractivity contribution in [2.45, 2.75) is 57.2 Å². The first-order valence-corrected chi connectivity index (χ1v) is 9.00. The first-order valence-electron chi connectivity index (χ1n) is 9.00. The van der Waals surface area contributed by atoms with Gasteiger partial charge in [-0.25, -0.2) is 0 Å². The Morgan fingerprint density at radius 1 is 1.17 bits per heavy atom. The fourth-order valence-electron chi connectivity index (χ4n) is 4.46. The van der Waals surface area contributed by atoms with Crippen molar-refractivity contribution >= 4 is 5.91 Å². The van der Waals surface area contributed by atoms with Crippen molar-refractivity contribution in [1.82, 2.24) is 5.32 Å². The van der Waals surface area contributed by atoms with E-state index in [0.717, 1.165) is 37.0 Å². The number of hydrogen-bond donors (Lipinski definition) is 2. The Morgan fingerprint density at radius 3 is 2.65 bits per heavy atom. The molecule has 4 unspecified atom stereocenters. The lowest BCUT2D eigenvalue weighted by Gasteiger charge is -2.28. The summed E-state index contributed by atoms with van der Waals surface area (Å²) >= 11 is 0. The van der Waals surface area contributed by atoms with Gasteiger partial charge in [-0.05, 0) is 56.4 Å². The number of nitrogens with two attached hydrogens (primary N) is 1. The molecule has 3 aliphatic carbocycles. The highest BCUT2D eigenvalue weighted by Gasteiger charge is 2.48. The molecule has 3 aliphatic rings. The van der Waals surface area contributed by atoms with Gasteiger partial charge < -0.3 is 15.8 Å². The van der Waals surface area contributed by atoms with E-state index in [1.54, 1.807) is 0 Å². The Bertz CT molecular complexity index is 582. The SMILES string of the molecule is NC1C2CCC(C2)C1C(=O)NCc1ccccc1OC1CCC1. The van der Waals surface area contributed by atoms with Crippen LogP contribution >= 0.6 is 0 Å². The standard InChI is InChI=1S/C19H26N2O2/c20-18-13-9-8-12(10-13)17(18)19(22)21-11-14-4-1-2-7-16(14)23-15-5-3-6-15/h1-2,4,7,12-13,15,17-18H,3,5-6,8-11,20H2,(H,21,22). The molecule has 3 saturated carbocycles. The molecule has 0 aliphatic heterocycles. The lowest BCUT2D eigenvalue weighted by atomic mass is 9.84. The van der Waals surface area contributed by atoms with E-state index in [0.29, 0.717) is 24.5 Å². The van der Waals surface area contributed by atoms with Crippen molar-refractivity contribution in [3.63, 3.8) is 0 Å². The van der Waals surface area contributed by atoms with Crippen LogP contribution in [0.25, 0.3) is 0 Å². The third-order valence-corrected chi connectivity index (χ3v) is 6.05. The van der Waals surface area contributed by atoms with Crippen LogP contribution in [0.2, 0.25) is 0 Å². The van der Waals surface area contributed by atoms with E-state index in [-0.39, 0.29) is 17.9 Å². The van der Waals surface area contributed by atoms with E-state index in [9.17, 15) is 4.79 Å².